The number of pyridine rings is 1. The third-order valence-electron chi connectivity index (χ3n) is 5.79. The largest absolute Gasteiger partial charge is 0.494 e. The second kappa shape index (κ2) is 10.9. The van der Waals surface area contributed by atoms with Gasteiger partial charge in [-0.05, 0) is 44.4 Å². The zero-order valence-corrected chi connectivity index (χ0v) is 21.0. The van der Waals surface area contributed by atoms with Crippen molar-refractivity contribution in [2.24, 2.45) is 0 Å². The van der Waals surface area contributed by atoms with E-state index in [-0.39, 0.29) is 5.91 Å². The van der Waals surface area contributed by atoms with Gasteiger partial charge in [-0.2, -0.15) is 0 Å². The van der Waals surface area contributed by atoms with Gasteiger partial charge in [0.1, 0.15) is 17.9 Å². The average Bonchev–Trinajstić information content (AvgIpc) is 3.32. The van der Waals surface area contributed by atoms with Crippen molar-refractivity contribution in [3.05, 3.63) is 73.7 Å². The molecule has 2 aromatic heterocycles. The van der Waals surface area contributed by atoms with Crippen LogP contribution in [0.25, 0.3) is 16.7 Å². The van der Waals surface area contributed by atoms with Crippen LogP contribution in [0, 0.1) is 0 Å². The number of rotatable bonds is 10. The lowest BCUT2D eigenvalue weighted by molar-refractivity contribution is -0.111. The molecule has 0 bridgehead atoms. The summed E-state index contributed by atoms with van der Waals surface area (Å²) in [6, 6.07) is 15.6. The number of amides is 1. The van der Waals surface area contributed by atoms with E-state index in [0.717, 1.165) is 35.5 Å². The van der Waals surface area contributed by atoms with Crippen molar-refractivity contribution in [1.82, 2.24) is 19.4 Å². The van der Waals surface area contributed by atoms with Crippen molar-refractivity contribution in [2.45, 2.75) is 0 Å². The molecule has 2 N–H and O–H groups in total. The Kier molecular flexibility index (Phi) is 7.50. The van der Waals surface area contributed by atoms with Crippen LogP contribution in [0.5, 0.6) is 5.75 Å². The maximum Gasteiger partial charge on any atom is 0.247 e. The molecule has 9 heteroatoms. The smallest absolute Gasteiger partial charge is 0.247 e. The summed E-state index contributed by atoms with van der Waals surface area (Å²) in [5.41, 5.74) is 4.98. The van der Waals surface area contributed by atoms with E-state index < -0.39 is 0 Å². The van der Waals surface area contributed by atoms with E-state index in [0.29, 0.717) is 22.9 Å². The van der Waals surface area contributed by atoms with Gasteiger partial charge in [0.05, 0.1) is 40.9 Å². The van der Waals surface area contributed by atoms with Crippen LogP contribution >= 0.6 is 0 Å². The average molecular weight is 486 g/mol. The van der Waals surface area contributed by atoms with E-state index in [2.05, 4.69) is 37.0 Å². The number of carbonyl (C=O) groups excluding carboxylic acids is 1. The fourth-order valence-corrected chi connectivity index (χ4v) is 3.85. The fourth-order valence-electron chi connectivity index (χ4n) is 3.85. The van der Waals surface area contributed by atoms with Gasteiger partial charge in [0, 0.05) is 38.5 Å². The maximum absolute atomic E-state index is 12.2. The van der Waals surface area contributed by atoms with Gasteiger partial charge >= 0.3 is 0 Å². The molecule has 0 radical (unpaired) electrons. The minimum absolute atomic E-state index is 0.291. The quantitative estimate of drug-likeness (QED) is 0.324. The first-order valence-electron chi connectivity index (χ1n) is 11.6. The topological polar surface area (TPSA) is 87.5 Å². The number of methoxy groups -OCH3 is 1. The lowest BCUT2D eigenvalue weighted by Crippen LogP contribution is -2.29. The Morgan fingerprint density at radius 1 is 1.08 bits per heavy atom. The van der Waals surface area contributed by atoms with Gasteiger partial charge in [-0.1, -0.05) is 18.7 Å². The summed E-state index contributed by atoms with van der Waals surface area (Å²) in [5, 5.41) is 6.27. The van der Waals surface area contributed by atoms with Crippen molar-refractivity contribution >= 4 is 39.8 Å². The Bertz CT molecular complexity index is 1380. The summed E-state index contributed by atoms with van der Waals surface area (Å²) in [6.45, 7) is 5.20. The number of nitrogens with one attached hydrogen (secondary N) is 2. The number of benzene rings is 2. The van der Waals surface area contributed by atoms with Crippen molar-refractivity contribution in [2.75, 3.05) is 56.9 Å². The van der Waals surface area contributed by atoms with Crippen molar-refractivity contribution in [1.29, 1.82) is 0 Å². The predicted octanol–water partition coefficient (Wildman–Crippen LogP) is 4.30. The molecule has 186 valence electrons. The number of hydrogen-bond acceptors (Lipinski definition) is 7. The standard InChI is InChI=1S/C27H31N7O2/c1-6-27(35)31-21-16-22(25(36-5)17-24(21)33(4)14-13-32(2)3)30-26-15-19(11-12-28-26)34-18-29-20-9-7-8-10-23(20)34/h6-12,15-18H,1,13-14H2,2-5H3,(H,28,30)(H,31,35). The van der Waals surface area contributed by atoms with Gasteiger partial charge in [0.15, 0.2) is 0 Å². The summed E-state index contributed by atoms with van der Waals surface area (Å²) in [6.07, 6.45) is 4.79. The van der Waals surface area contributed by atoms with Crippen molar-refractivity contribution in [3.63, 3.8) is 0 Å². The zero-order valence-electron chi connectivity index (χ0n) is 21.0. The first-order valence-corrected chi connectivity index (χ1v) is 11.6. The van der Waals surface area contributed by atoms with Gasteiger partial charge in [0.25, 0.3) is 0 Å². The molecule has 0 spiro atoms. The van der Waals surface area contributed by atoms with Crippen molar-refractivity contribution in [3.8, 4) is 11.4 Å². The molecule has 4 aromatic rings. The number of imidazole rings is 1. The molecular weight excluding hydrogens is 454 g/mol. The Hall–Kier alpha value is -4.37. The maximum atomic E-state index is 12.2. The number of hydrogen-bond donors (Lipinski definition) is 2. The molecule has 0 saturated heterocycles. The highest BCUT2D eigenvalue weighted by Gasteiger charge is 2.16. The molecule has 0 saturated carbocycles. The highest BCUT2D eigenvalue weighted by Crippen LogP contribution is 2.38. The second-order valence-electron chi connectivity index (χ2n) is 8.62. The van der Waals surface area contributed by atoms with E-state index in [4.69, 9.17) is 4.74 Å². The molecule has 0 aliphatic carbocycles. The van der Waals surface area contributed by atoms with E-state index >= 15 is 0 Å². The number of para-hydroxylation sites is 2. The summed E-state index contributed by atoms with van der Waals surface area (Å²) < 4.78 is 7.72. The number of likely N-dealkylation sites (N-methyl/N-ethyl adjacent to an activating group) is 2. The summed E-state index contributed by atoms with van der Waals surface area (Å²) >= 11 is 0. The number of fused-ring (bicyclic) bond motifs is 1. The first kappa shape index (κ1) is 24.7. The third-order valence-corrected chi connectivity index (χ3v) is 5.79. The van der Waals surface area contributed by atoms with Gasteiger partial charge < -0.3 is 25.2 Å². The van der Waals surface area contributed by atoms with E-state index in [1.807, 2.05) is 74.2 Å². The van der Waals surface area contributed by atoms with Crippen LogP contribution in [-0.2, 0) is 4.79 Å². The van der Waals surface area contributed by atoms with Crippen LogP contribution in [0.4, 0.5) is 22.9 Å². The molecule has 36 heavy (non-hydrogen) atoms. The number of ether oxygens (including phenoxy) is 1. The summed E-state index contributed by atoms with van der Waals surface area (Å²) in [7, 11) is 7.65. The van der Waals surface area contributed by atoms with Crippen LogP contribution < -0.4 is 20.3 Å². The molecule has 0 fully saturated rings. The number of aromatic nitrogens is 3. The predicted molar refractivity (Wildman–Crippen MR) is 146 cm³/mol. The molecular formula is C27H31N7O2. The van der Waals surface area contributed by atoms with E-state index in [1.165, 1.54) is 6.08 Å². The third kappa shape index (κ3) is 5.47. The second-order valence-corrected chi connectivity index (χ2v) is 8.62. The molecule has 9 nitrogen and oxygen atoms in total. The lowest BCUT2D eigenvalue weighted by Gasteiger charge is -2.26. The normalized spacial score (nSPS) is 10.9. The van der Waals surface area contributed by atoms with Gasteiger partial charge in [-0.15, -0.1) is 0 Å². The highest BCUT2D eigenvalue weighted by molar-refractivity contribution is 6.02. The van der Waals surface area contributed by atoms with Crippen LogP contribution in [0.3, 0.4) is 0 Å². The number of nitrogens with zero attached hydrogens (tertiary/aromatic N) is 5. The Morgan fingerprint density at radius 2 is 1.89 bits per heavy atom. The number of anilines is 4. The first-order chi connectivity index (χ1) is 17.4. The van der Waals surface area contributed by atoms with Gasteiger partial charge in [-0.3, -0.25) is 9.36 Å². The molecule has 4 rings (SSSR count). The molecule has 0 aliphatic rings. The molecule has 1 amide bonds. The van der Waals surface area contributed by atoms with Gasteiger partial charge in [0.2, 0.25) is 5.91 Å². The minimum atomic E-state index is -0.291. The Labute approximate surface area is 211 Å². The van der Waals surface area contributed by atoms with Gasteiger partial charge in [-0.25, -0.2) is 9.97 Å². The van der Waals surface area contributed by atoms with Crippen LogP contribution in [0.2, 0.25) is 0 Å². The minimum Gasteiger partial charge on any atom is -0.494 e. The molecule has 0 unspecified atom stereocenters. The summed E-state index contributed by atoms with van der Waals surface area (Å²) in [4.78, 5) is 25.4. The molecule has 0 atom stereocenters. The highest BCUT2D eigenvalue weighted by atomic mass is 16.5. The van der Waals surface area contributed by atoms with Crippen LogP contribution in [0.1, 0.15) is 0 Å². The van der Waals surface area contributed by atoms with Crippen molar-refractivity contribution < 1.29 is 9.53 Å². The SMILES string of the molecule is C=CC(=O)Nc1cc(Nc2cc(-n3cnc4ccccc43)ccn2)c(OC)cc1N(C)CCN(C)C. The Morgan fingerprint density at radius 3 is 2.64 bits per heavy atom. The van der Waals surface area contributed by atoms with Crippen LogP contribution in [-0.4, -0.2) is 66.7 Å². The van der Waals surface area contributed by atoms with Crippen LogP contribution in [0.15, 0.2) is 73.7 Å². The lowest BCUT2D eigenvalue weighted by atomic mass is 10.2. The number of carbonyl (C=O) groups is 1. The summed E-state index contributed by atoms with van der Waals surface area (Å²) in [5.74, 6) is 0.956. The van der Waals surface area contributed by atoms with E-state index in [1.54, 1.807) is 19.6 Å². The zero-order chi connectivity index (χ0) is 25.7. The molecule has 2 aromatic carbocycles. The Balaban J connectivity index is 1.69. The molecule has 0 aliphatic heterocycles. The fraction of sp³-hybridized carbons (Fsp3) is 0.222. The monoisotopic (exact) mass is 485 g/mol. The molecule has 2 heterocycles. The van der Waals surface area contributed by atoms with E-state index in [9.17, 15) is 4.79 Å².